The Labute approximate surface area is 130 Å². The van der Waals surface area contributed by atoms with Gasteiger partial charge < -0.3 is 5.32 Å². The third kappa shape index (κ3) is 4.46. The first-order chi connectivity index (χ1) is 10.7. The van der Waals surface area contributed by atoms with Gasteiger partial charge in [-0.05, 0) is 36.4 Å². The lowest BCUT2D eigenvalue weighted by atomic mass is 10.2. The van der Waals surface area contributed by atoms with Crippen LogP contribution in [-0.2, 0) is 16.2 Å². The van der Waals surface area contributed by atoms with E-state index < -0.39 is 32.7 Å². The number of para-hydroxylation sites is 1. The predicted molar refractivity (Wildman–Crippen MR) is 77.2 cm³/mol. The molecule has 0 bridgehead atoms. The lowest BCUT2D eigenvalue weighted by Gasteiger charge is -2.10. The van der Waals surface area contributed by atoms with Crippen LogP contribution >= 0.6 is 0 Å². The van der Waals surface area contributed by atoms with Gasteiger partial charge in [0.15, 0.2) is 0 Å². The number of sulfonamides is 1. The van der Waals surface area contributed by atoms with Crippen molar-refractivity contribution in [2.24, 2.45) is 0 Å². The second-order valence-corrected chi connectivity index (χ2v) is 6.13. The van der Waals surface area contributed by atoms with Gasteiger partial charge in [0.25, 0.3) is 10.0 Å². The van der Waals surface area contributed by atoms with Crippen molar-refractivity contribution >= 4 is 21.7 Å². The number of amides is 2. The number of rotatable bonds is 3. The zero-order valence-electron chi connectivity index (χ0n) is 11.5. The summed E-state index contributed by atoms with van der Waals surface area (Å²) in [5.41, 5.74) is -0.613. The number of hydrogen-bond donors (Lipinski definition) is 2. The van der Waals surface area contributed by atoms with Crippen LogP contribution in [-0.4, -0.2) is 14.4 Å². The molecule has 0 aliphatic carbocycles. The Morgan fingerprint density at radius 1 is 0.913 bits per heavy atom. The molecular formula is C14H11F3N2O3S. The maximum Gasteiger partial charge on any atom is 0.416 e. The zero-order chi connectivity index (χ0) is 17.1. The van der Waals surface area contributed by atoms with Crippen molar-refractivity contribution in [3.05, 3.63) is 60.2 Å². The molecular weight excluding hydrogens is 333 g/mol. The Kier molecular flexibility index (Phi) is 4.60. The van der Waals surface area contributed by atoms with Gasteiger partial charge in [-0.25, -0.2) is 17.9 Å². The zero-order valence-corrected chi connectivity index (χ0v) is 12.3. The van der Waals surface area contributed by atoms with Crippen molar-refractivity contribution in [3.63, 3.8) is 0 Å². The summed E-state index contributed by atoms with van der Waals surface area (Å²) in [6, 6.07) is 9.88. The highest BCUT2D eigenvalue weighted by Crippen LogP contribution is 2.29. The summed E-state index contributed by atoms with van der Waals surface area (Å²) >= 11 is 0. The van der Waals surface area contributed by atoms with Crippen LogP contribution in [0.15, 0.2) is 59.5 Å². The van der Waals surface area contributed by atoms with Crippen LogP contribution < -0.4 is 10.0 Å². The average molecular weight is 344 g/mol. The molecule has 0 heterocycles. The molecule has 0 radical (unpaired) electrons. The largest absolute Gasteiger partial charge is 0.416 e. The van der Waals surface area contributed by atoms with Gasteiger partial charge in [0.2, 0.25) is 0 Å². The number of hydrogen-bond acceptors (Lipinski definition) is 3. The Bertz CT molecular complexity index is 788. The standard InChI is InChI=1S/C14H11F3N2O3S/c15-14(16,17)10-6-8-12(9-7-10)23(21,22)19-13(20)18-11-4-2-1-3-5-11/h1-9H,(H2,18,19,20). The SMILES string of the molecule is O=C(Nc1ccccc1)NS(=O)(=O)c1ccc(C(F)(F)F)cc1. The second kappa shape index (κ2) is 6.29. The Morgan fingerprint density at radius 3 is 2.00 bits per heavy atom. The minimum Gasteiger partial charge on any atom is -0.307 e. The molecule has 2 aromatic carbocycles. The monoisotopic (exact) mass is 344 g/mol. The van der Waals surface area contributed by atoms with Gasteiger partial charge in [0.1, 0.15) is 0 Å². The molecule has 0 spiro atoms. The Hall–Kier alpha value is -2.55. The molecule has 0 saturated carbocycles. The average Bonchev–Trinajstić information content (AvgIpc) is 2.47. The van der Waals surface area contributed by atoms with Gasteiger partial charge in [-0.2, -0.15) is 13.2 Å². The lowest BCUT2D eigenvalue weighted by molar-refractivity contribution is -0.137. The van der Waals surface area contributed by atoms with E-state index in [-0.39, 0.29) is 0 Å². The van der Waals surface area contributed by atoms with E-state index in [0.29, 0.717) is 17.8 Å². The summed E-state index contributed by atoms with van der Waals surface area (Å²) in [5, 5.41) is 2.29. The molecule has 9 heteroatoms. The van der Waals surface area contributed by atoms with E-state index in [1.807, 2.05) is 0 Å². The van der Waals surface area contributed by atoms with E-state index in [9.17, 15) is 26.4 Å². The van der Waals surface area contributed by atoms with E-state index in [1.54, 1.807) is 35.1 Å². The molecule has 2 N–H and O–H groups in total. The number of urea groups is 1. The van der Waals surface area contributed by atoms with Gasteiger partial charge in [0, 0.05) is 5.69 Å². The van der Waals surface area contributed by atoms with Crippen molar-refractivity contribution in [2.75, 3.05) is 5.32 Å². The molecule has 0 saturated heterocycles. The fraction of sp³-hybridized carbons (Fsp3) is 0.0714. The number of benzene rings is 2. The first kappa shape index (κ1) is 16.8. The van der Waals surface area contributed by atoms with E-state index in [0.717, 1.165) is 12.1 Å². The van der Waals surface area contributed by atoms with Gasteiger partial charge >= 0.3 is 12.2 Å². The maximum absolute atomic E-state index is 12.4. The van der Waals surface area contributed by atoms with Gasteiger partial charge in [-0.3, -0.25) is 0 Å². The topological polar surface area (TPSA) is 75.3 Å². The van der Waals surface area contributed by atoms with Gasteiger partial charge in [-0.15, -0.1) is 0 Å². The summed E-state index contributed by atoms with van der Waals surface area (Å²) in [6.45, 7) is 0. The number of nitrogens with one attached hydrogen (secondary N) is 2. The molecule has 23 heavy (non-hydrogen) atoms. The maximum atomic E-state index is 12.4. The highest BCUT2D eigenvalue weighted by atomic mass is 32.2. The number of alkyl halides is 3. The van der Waals surface area contributed by atoms with Gasteiger partial charge in [0.05, 0.1) is 10.5 Å². The molecule has 0 unspecified atom stereocenters. The predicted octanol–water partition coefficient (Wildman–Crippen LogP) is 3.22. The Balaban J connectivity index is 2.11. The highest BCUT2D eigenvalue weighted by molar-refractivity contribution is 7.90. The smallest absolute Gasteiger partial charge is 0.307 e. The van der Waals surface area contributed by atoms with Crippen LogP contribution in [0.2, 0.25) is 0 Å². The summed E-state index contributed by atoms with van der Waals surface area (Å²) in [5.74, 6) is 0. The molecule has 5 nitrogen and oxygen atoms in total. The first-order valence-corrected chi connectivity index (χ1v) is 7.73. The molecule has 2 rings (SSSR count). The summed E-state index contributed by atoms with van der Waals surface area (Å²) in [6.07, 6.45) is -4.57. The number of carbonyl (C=O) groups is 1. The van der Waals surface area contributed by atoms with Crippen molar-refractivity contribution < 1.29 is 26.4 Å². The molecule has 0 atom stereocenters. The quantitative estimate of drug-likeness (QED) is 0.898. The van der Waals surface area contributed by atoms with E-state index >= 15 is 0 Å². The van der Waals surface area contributed by atoms with E-state index in [1.165, 1.54) is 0 Å². The highest BCUT2D eigenvalue weighted by Gasteiger charge is 2.30. The minimum absolute atomic E-state index is 0.368. The lowest BCUT2D eigenvalue weighted by Crippen LogP contribution is -2.34. The molecule has 0 aromatic heterocycles. The van der Waals surface area contributed by atoms with E-state index in [2.05, 4.69) is 5.32 Å². The number of carbonyl (C=O) groups excluding carboxylic acids is 1. The Morgan fingerprint density at radius 2 is 1.48 bits per heavy atom. The molecule has 2 aromatic rings. The van der Waals surface area contributed by atoms with Crippen LogP contribution in [0, 0.1) is 0 Å². The van der Waals surface area contributed by atoms with Crippen LogP contribution in [0.5, 0.6) is 0 Å². The van der Waals surface area contributed by atoms with Gasteiger partial charge in [-0.1, -0.05) is 18.2 Å². The van der Waals surface area contributed by atoms with Crippen LogP contribution in [0.25, 0.3) is 0 Å². The fourth-order valence-electron chi connectivity index (χ4n) is 1.68. The summed E-state index contributed by atoms with van der Waals surface area (Å²) < 4.78 is 62.9. The minimum atomic E-state index is -4.57. The summed E-state index contributed by atoms with van der Waals surface area (Å²) in [4.78, 5) is 11.2. The molecule has 0 fully saturated rings. The van der Waals surface area contributed by atoms with E-state index in [4.69, 9.17) is 0 Å². The molecule has 2 amide bonds. The van der Waals surface area contributed by atoms with Crippen molar-refractivity contribution in [3.8, 4) is 0 Å². The van der Waals surface area contributed by atoms with Crippen LogP contribution in [0.3, 0.4) is 0 Å². The third-order valence-corrected chi connectivity index (χ3v) is 4.10. The molecule has 0 aliphatic heterocycles. The fourth-order valence-corrected chi connectivity index (χ4v) is 2.59. The molecule has 122 valence electrons. The number of halogens is 3. The summed E-state index contributed by atoms with van der Waals surface area (Å²) in [7, 11) is -4.27. The first-order valence-electron chi connectivity index (χ1n) is 6.24. The van der Waals surface area contributed by atoms with Crippen molar-refractivity contribution in [1.29, 1.82) is 0 Å². The van der Waals surface area contributed by atoms with Crippen LogP contribution in [0.1, 0.15) is 5.56 Å². The normalized spacial score (nSPS) is 11.8. The third-order valence-electron chi connectivity index (χ3n) is 2.75. The molecule has 0 aliphatic rings. The van der Waals surface area contributed by atoms with Crippen molar-refractivity contribution in [1.82, 2.24) is 4.72 Å². The number of anilines is 1. The second-order valence-electron chi connectivity index (χ2n) is 4.45. The van der Waals surface area contributed by atoms with Crippen LogP contribution in [0.4, 0.5) is 23.7 Å². The van der Waals surface area contributed by atoms with Crippen molar-refractivity contribution in [2.45, 2.75) is 11.1 Å².